The molecule has 0 unspecified atom stereocenters. The van der Waals surface area contributed by atoms with E-state index >= 15 is 0 Å². The van der Waals surface area contributed by atoms with Gasteiger partial charge < -0.3 is 10.6 Å². The van der Waals surface area contributed by atoms with Gasteiger partial charge in [0, 0.05) is 19.7 Å². The standard InChI is InChI=1S/C16H16ClFN4/c1-5-9-12(6-2)20-16(21-15(9)19)10-7-8-11(17)14(13(10)18)22(3)4/h5-8H,1-2H2,3-4H3,(H2,19,20,21). The van der Waals surface area contributed by atoms with Gasteiger partial charge in [-0.25, -0.2) is 14.4 Å². The third kappa shape index (κ3) is 2.67. The number of rotatable bonds is 4. The lowest BCUT2D eigenvalue weighted by atomic mass is 10.1. The number of aromatic nitrogens is 2. The van der Waals surface area contributed by atoms with Crippen LogP contribution < -0.4 is 10.6 Å². The third-order valence-corrected chi connectivity index (χ3v) is 3.46. The Morgan fingerprint density at radius 1 is 1.23 bits per heavy atom. The molecule has 0 aliphatic rings. The van der Waals surface area contributed by atoms with Crippen molar-refractivity contribution in [1.82, 2.24) is 9.97 Å². The molecule has 0 aliphatic carbocycles. The number of halogens is 2. The summed E-state index contributed by atoms with van der Waals surface area (Å²) < 4.78 is 14.7. The van der Waals surface area contributed by atoms with Crippen LogP contribution in [-0.4, -0.2) is 24.1 Å². The molecule has 0 fully saturated rings. The monoisotopic (exact) mass is 318 g/mol. The van der Waals surface area contributed by atoms with E-state index in [-0.39, 0.29) is 22.9 Å². The van der Waals surface area contributed by atoms with Crippen molar-refractivity contribution in [3.63, 3.8) is 0 Å². The van der Waals surface area contributed by atoms with Crippen LogP contribution in [0, 0.1) is 5.82 Å². The second kappa shape index (κ2) is 6.15. The van der Waals surface area contributed by atoms with E-state index in [9.17, 15) is 4.39 Å². The van der Waals surface area contributed by atoms with Crippen LogP contribution in [0.4, 0.5) is 15.9 Å². The van der Waals surface area contributed by atoms with Crippen molar-refractivity contribution in [3.8, 4) is 11.4 Å². The highest BCUT2D eigenvalue weighted by Gasteiger charge is 2.18. The zero-order valence-corrected chi connectivity index (χ0v) is 13.2. The number of hydrogen-bond acceptors (Lipinski definition) is 4. The second-order valence-electron chi connectivity index (χ2n) is 4.79. The molecule has 0 spiro atoms. The predicted molar refractivity (Wildman–Crippen MR) is 91.4 cm³/mol. The van der Waals surface area contributed by atoms with Crippen LogP contribution in [0.15, 0.2) is 25.3 Å². The second-order valence-corrected chi connectivity index (χ2v) is 5.20. The Hall–Kier alpha value is -2.40. The normalized spacial score (nSPS) is 10.4. The van der Waals surface area contributed by atoms with Gasteiger partial charge in [-0.2, -0.15) is 0 Å². The first-order chi connectivity index (χ1) is 10.4. The van der Waals surface area contributed by atoms with E-state index in [1.54, 1.807) is 31.1 Å². The number of nitrogen functional groups attached to an aromatic ring is 1. The van der Waals surface area contributed by atoms with Gasteiger partial charge in [-0.05, 0) is 18.2 Å². The van der Waals surface area contributed by atoms with Gasteiger partial charge in [0.1, 0.15) is 5.82 Å². The van der Waals surface area contributed by atoms with Crippen molar-refractivity contribution in [3.05, 3.63) is 47.4 Å². The van der Waals surface area contributed by atoms with Crippen molar-refractivity contribution >= 4 is 35.3 Å². The van der Waals surface area contributed by atoms with Crippen LogP contribution in [0.3, 0.4) is 0 Å². The molecule has 0 amide bonds. The summed E-state index contributed by atoms with van der Waals surface area (Å²) in [6, 6.07) is 3.13. The maximum absolute atomic E-state index is 14.7. The van der Waals surface area contributed by atoms with Crippen molar-refractivity contribution in [2.75, 3.05) is 24.7 Å². The van der Waals surface area contributed by atoms with Crippen LogP contribution in [0.25, 0.3) is 23.5 Å². The van der Waals surface area contributed by atoms with E-state index in [1.165, 1.54) is 12.1 Å². The molecule has 1 heterocycles. The fourth-order valence-corrected chi connectivity index (χ4v) is 2.43. The fraction of sp³-hybridized carbons (Fsp3) is 0.125. The minimum atomic E-state index is -0.502. The highest BCUT2D eigenvalue weighted by molar-refractivity contribution is 6.33. The summed E-state index contributed by atoms with van der Waals surface area (Å²) in [4.78, 5) is 10.1. The minimum absolute atomic E-state index is 0.176. The van der Waals surface area contributed by atoms with Gasteiger partial charge in [-0.15, -0.1) is 0 Å². The topological polar surface area (TPSA) is 55.0 Å². The molecule has 0 atom stereocenters. The molecule has 114 valence electrons. The van der Waals surface area contributed by atoms with Gasteiger partial charge in [0.05, 0.1) is 22.0 Å². The van der Waals surface area contributed by atoms with Crippen LogP contribution >= 0.6 is 11.6 Å². The van der Waals surface area contributed by atoms with Crippen molar-refractivity contribution in [1.29, 1.82) is 0 Å². The molecule has 1 aromatic carbocycles. The van der Waals surface area contributed by atoms with Gasteiger partial charge in [-0.1, -0.05) is 30.8 Å². The summed E-state index contributed by atoms with van der Waals surface area (Å²) in [7, 11) is 3.42. The first kappa shape index (κ1) is 16.0. The molecular weight excluding hydrogens is 303 g/mol. The molecule has 0 aliphatic heterocycles. The summed E-state index contributed by atoms with van der Waals surface area (Å²) in [6.07, 6.45) is 3.07. The molecule has 2 N–H and O–H groups in total. The van der Waals surface area contributed by atoms with Gasteiger partial charge in [-0.3, -0.25) is 0 Å². The number of hydrogen-bond donors (Lipinski definition) is 1. The Kier molecular flexibility index (Phi) is 4.47. The maximum atomic E-state index is 14.7. The largest absolute Gasteiger partial charge is 0.383 e. The van der Waals surface area contributed by atoms with Crippen molar-refractivity contribution in [2.45, 2.75) is 0 Å². The lowest BCUT2D eigenvalue weighted by Gasteiger charge is -2.17. The number of nitrogens with zero attached hydrogens (tertiary/aromatic N) is 3. The maximum Gasteiger partial charge on any atom is 0.165 e. The quantitative estimate of drug-likeness (QED) is 0.929. The zero-order valence-electron chi connectivity index (χ0n) is 12.4. The van der Waals surface area contributed by atoms with E-state index < -0.39 is 5.82 Å². The van der Waals surface area contributed by atoms with Gasteiger partial charge >= 0.3 is 0 Å². The smallest absolute Gasteiger partial charge is 0.165 e. The number of benzene rings is 1. The number of nitrogens with two attached hydrogens (primary N) is 1. The molecule has 1 aromatic heterocycles. The number of anilines is 2. The average molecular weight is 319 g/mol. The Balaban J connectivity index is 2.73. The molecular formula is C16H16ClFN4. The molecule has 22 heavy (non-hydrogen) atoms. The van der Waals surface area contributed by atoms with Crippen LogP contribution in [0.1, 0.15) is 11.3 Å². The van der Waals surface area contributed by atoms with E-state index in [0.717, 1.165) is 0 Å². The summed E-state index contributed by atoms with van der Waals surface area (Å²) in [5, 5.41) is 0.311. The molecule has 0 radical (unpaired) electrons. The van der Waals surface area contributed by atoms with Crippen molar-refractivity contribution in [2.24, 2.45) is 0 Å². The van der Waals surface area contributed by atoms with E-state index in [4.69, 9.17) is 17.3 Å². The molecule has 0 saturated heterocycles. The molecule has 0 bridgehead atoms. The van der Waals surface area contributed by atoms with E-state index in [0.29, 0.717) is 16.3 Å². The summed E-state index contributed by atoms with van der Waals surface area (Å²) in [6.45, 7) is 7.34. The molecule has 2 aromatic rings. The average Bonchev–Trinajstić information content (AvgIpc) is 2.46. The van der Waals surface area contributed by atoms with E-state index in [2.05, 4.69) is 23.1 Å². The first-order valence-electron chi connectivity index (χ1n) is 6.48. The minimum Gasteiger partial charge on any atom is -0.383 e. The van der Waals surface area contributed by atoms with E-state index in [1.807, 2.05) is 0 Å². The Morgan fingerprint density at radius 2 is 1.91 bits per heavy atom. The predicted octanol–water partition coefficient (Wildman–Crippen LogP) is 3.87. The highest BCUT2D eigenvalue weighted by atomic mass is 35.5. The molecule has 6 heteroatoms. The molecule has 0 saturated carbocycles. The zero-order chi connectivity index (χ0) is 16.4. The third-order valence-electron chi connectivity index (χ3n) is 3.16. The fourth-order valence-electron chi connectivity index (χ4n) is 2.11. The van der Waals surface area contributed by atoms with Gasteiger partial charge in [0.15, 0.2) is 11.6 Å². The Bertz CT molecular complexity index is 756. The summed E-state index contributed by atoms with van der Waals surface area (Å²) in [5.74, 6) is -0.107. The molecule has 2 rings (SSSR count). The van der Waals surface area contributed by atoms with Crippen LogP contribution in [0.2, 0.25) is 5.02 Å². The SMILES string of the molecule is C=Cc1nc(-c2ccc(Cl)c(N(C)C)c2F)nc(N)c1C=C. The highest BCUT2D eigenvalue weighted by Crippen LogP contribution is 2.34. The molecule has 4 nitrogen and oxygen atoms in total. The lowest BCUT2D eigenvalue weighted by Crippen LogP contribution is -2.12. The van der Waals surface area contributed by atoms with Crippen LogP contribution in [0.5, 0.6) is 0 Å². The summed E-state index contributed by atoms with van der Waals surface area (Å²) >= 11 is 6.04. The van der Waals surface area contributed by atoms with Gasteiger partial charge in [0.25, 0.3) is 0 Å². The first-order valence-corrected chi connectivity index (χ1v) is 6.86. The van der Waals surface area contributed by atoms with Crippen LogP contribution in [-0.2, 0) is 0 Å². The Labute approximate surface area is 133 Å². The lowest BCUT2D eigenvalue weighted by molar-refractivity contribution is 0.628. The van der Waals surface area contributed by atoms with Crippen molar-refractivity contribution < 1.29 is 4.39 Å². The summed E-state index contributed by atoms with van der Waals surface area (Å²) in [5.41, 5.74) is 7.46. The Morgan fingerprint density at radius 3 is 2.45 bits per heavy atom. The van der Waals surface area contributed by atoms with Gasteiger partial charge in [0.2, 0.25) is 0 Å².